The molecule has 1 amide bonds. The van der Waals surface area contributed by atoms with Crippen LogP contribution < -0.4 is 14.9 Å². The van der Waals surface area contributed by atoms with Crippen molar-refractivity contribution in [3.05, 3.63) is 93.5 Å². The van der Waals surface area contributed by atoms with Crippen LogP contribution in [-0.4, -0.2) is 19.2 Å². The van der Waals surface area contributed by atoms with Gasteiger partial charge in [-0.2, -0.15) is 5.10 Å². The molecule has 0 aliphatic carbocycles. The summed E-state index contributed by atoms with van der Waals surface area (Å²) < 4.78 is 11.4. The van der Waals surface area contributed by atoms with Crippen LogP contribution in [-0.2, 0) is 17.8 Å². The highest BCUT2D eigenvalue weighted by Gasteiger charge is 2.08. The number of carbonyl (C=O) groups excluding carboxylic acids is 1. The van der Waals surface area contributed by atoms with Gasteiger partial charge < -0.3 is 9.47 Å². The van der Waals surface area contributed by atoms with Crippen LogP contribution in [0.1, 0.15) is 27.8 Å². The molecule has 1 N–H and O–H groups in total. The van der Waals surface area contributed by atoms with Crippen molar-refractivity contribution in [3.63, 3.8) is 0 Å². The Labute approximate surface area is 187 Å². The number of benzene rings is 3. The fraction of sp³-hybridized carbons (Fsp3) is 0.200. The van der Waals surface area contributed by atoms with E-state index >= 15 is 0 Å². The molecule has 3 rings (SSSR count). The molecule has 0 saturated heterocycles. The van der Waals surface area contributed by atoms with Gasteiger partial charge in [0.05, 0.1) is 19.7 Å². The topological polar surface area (TPSA) is 59.9 Å². The van der Waals surface area contributed by atoms with E-state index in [0.717, 1.165) is 38.6 Å². The number of ether oxygens (including phenoxy) is 2. The largest absolute Gasteiger partial charge is 0.496 e. The molecule has 0 bridgehead atoms. The predicted octanol–water partition coefficient (Wildman–Crippen LogP) is 5.24. The molecule has 0 aromatic heterocycles. The molecular formula is C25H25ClN2O3. The van der Waals surface area contributed by atoms with Gasteiger partial charge in [0, 0.05) is 10.6 Å². The monoisotopic (exact) mass is 436 g/mol. The fourth-order valence-corrected chi connectivity index (χ4v) is 3.25. The third-order valence-electron chi connectivity index (χ3n) is 4.72. The van der Waals surface area contributed by atoms with Crippen LogP contribution in [0.5, 0.6) is 11.5 Å². The first kappa shape index (κ1) is 22.4. The summed E-state index contributed by atoms with van der Waals surface area (Å²) in [6.07, 6.45) is 1.88. The molecule has 0 atom stereocenters. The third kappa shape index (κ3) is 6.33. The van der Waals surface area contributed by atoms with Crippen LogP contribution in [0.25, 0.3) is 0 Å². The summed E-state index contributed by atoms with van der Waals surface area (Å²) in [5, 5.41) is 4.81. The summed E-state index contributed by atoms with van der Waals surface area (Å²) >= 11 is 6.23. The van der Waals surface area contributed by atoms with Crippen LogP contribution in [0, 0.1) is 13.8 Å². The molecule has 6 heteroatoms. The fourth-order valence-electron chi connectivity index (χ4n) is 3.14. The summed E-state index contributed by atoms with van der Waals surface area (Å²) in [6, 6.07) is 19.0. The van der Waals surface area contributed by atoms with Crippen LogP contribution >= 0.6 is 11.6 Å². The van der Waals surface area contributed by atoms with Gasteiger partial charge in [0.1, 0.15) is 18.1 Å². The van der Waals surface area contributed by atoms with E-state index in [-0.39, 0.29) is 12.3 Å². The Morgan fingerprint density at radius 2 is 1.77 bits per heavy atom. The van der Waals surface area contributed by atoms with E-state index in [0.29, 0.717) is 12.4 Å². The zero-order valence-electron chi connectivity index (χ0n) is 17.8. The second-order valence-electron chi connectivity index (χ2n) is 7.19. The molecule has 31 heavy (non-hydrogen) atoms. The van der Waals surface area contributed by atoms with E-state index in [2.05, 4.69) is 10.5 Å². The van der Waals surface area contributed by atoms with Crippen LogP contribution in [0.3, 0.4) is 0 Å². The molecular weight excluding hydrogens is 412 g/mol. The lowest BCUT2D eigenvalue weighted by Crippen LogP contribution is -2.19. The smallest absolute Gasteiger partial charge is 0.244 e. The maximum absolute atomic E-state index is 12.0. The third-order valence-corrected chi connectivity index (χ3v) is 5.32. The van der Waals surface area contributed by atoms with Crippen molar-refractivity contribution in [1.82, 2.24) is 5.43 Å². The van der Waals surface area contributed by atoms with Gasteiger partial charge in [0.2, 0.25) is 5.91 Å². The Balaban J connectivity index is 1.64. The van der Waals surface area contributed by atoms with Gasteiger partial charge in [-0.15, -0.1) is 0 Å². The molecule has 0 aliphatic heterocycles. The molecule has 0 aliphatic rings. The van der Waals surface area contributed by atoms with Gasteiger partial charge in [0.15, 0.2) is 0 Å². The normalized spacial score (nSPS) is 10.8. The first-order valence-corrected chi connectivity index (χ1v) is 10.3. The summed E-state index contributed by atoms with van der Waals surface area (Å²) in [4.78, 5) is 12.0. The minimum absolute atomic E-state index is 0.173. The molecule has 0 radical (unpaired) electrons. The van der Waals surface area contributed by atoms with Crippen molar-refractivity contribution in [1.29, 1.82) is 0 Å². The van der Waals surface area contributed by atoms with E-state index in [9.17, 15) is 4.79 Å². The van der Waals surface area contributed by atoms with Crippen molar-refractivity contribution >= 4 is 23.7 Å². The summed E-state index contributed by atoms with van der Waals surface area (Å²) in [5.74, 6) is 1.29. The van der Waals surface area contributed by atoms with Gasteiger partial charge in [-0.3, -0.25) is 4.79 Å². The van der Waals surface area contributed by atoms with Crippen LogP contribution in [0.15, 0.2) is 65.8 Å². The van der Waals surface area contributed by atoms with Gasteiger partial charge >= 0.3 is 0 Å². The molecule has 5 nitrogen and oxygen atoms in total. The van der Waals surface area contributed by atoms with E-state index in [1.165, 1.54) is 0 Å². The Kier molecular flexibility index (Phi) is 7.68. The Morgan fingerprint density at radius 1 is 1.06 bits per heavy atom. The quantitative estimate of drug-likeness (QED) is 0.388. The van der Waals surface area contributed by atoms with Crippen molar-refractivity contribution in [2.24, 2.45) is 5.10 Å². The number of hydrogen-bond acceptors (Lipinski definition) is 4. The van der Waals surface area contributed by atoms with E-state index < -0.39 is 0 Å². The average molecular weight is 437 g/mol. The molecule has 160 valence electrons. The predicted molar refractivity (Wildman–Crippen MR) is 124 cm³/mol. The zero-order valence-corrected chi connectivity index (χ0v) is 18.6. The summed E-state index contributed by atoms with van der Waals surface area (Å²) in [6.45, 7) is 4.23. The molecule has 0 spiro atoms. The SMILES string of the molecule is COc1ccc(/C=N/NC(=O)Cc2ccccc2)cc1COc1cc(C)c(Cl)c(C)c1. The zero-order chi connectivity index (χ0) is 22.2. The molecule has 3 aromatic rings. The molecule has 3 aromatic carbocycles. The second kappa shape index (κ2) is 10.6. The summed E-state index contributed by atoms with van der Waals surface area (Å²) in [7, 11) is 1.62. The number of halogens is 1. The Bertz CT molecular complexity index is 1060. The number of rotatable bonds is 8. The van der Waals surface area contributed by atoms with Crippen LogP contribution in [0.2, 0.25) is 5.02 Å². The van der Waals surface area contributed by atoms with Gasteiger partial charge in [-0.05, 0) is 66.4 Å². The van der Waals surface area contributed by atoms with Crippen molar-refractivity contribution < 1.29 is 14.3 Å². The lowest BCUT2D eigenvalue weighted by molar-refractivity contribution is -0.120. The van der Waals surface area contributed by atoms with E-state index in [1.54, 1.807) is 13.3 Å². The second-order valence-corrected chi connectivity index (χ2v) is 7.56. The number of methoxy groups -OCH3 is 1. The molecule has 0 saturated carbocycles. The minimum Gasteiger partial charge on any atom is -0.496 e. The van der Waals surface area contributed by atoms with Gasteiger partial charge in [0.25, 0.3) is 0 Å². The van der Waals surface area contributed by atoms with Gasteiger partial charge in [-0.1, -0.05) is 41.9 Å². The first-order chi connectivity index (χ1) is 15.0. The number of aryl methyl sites for hydroxylation is 2. The number of nitrogens with zero attached hydrogens (tertiary/aromatic N) is 1. The highest BCUT2D eigenvalue weighted by molar-refractivity contribution is 6.32. The average Bonchev–Trinajstić information content (AvgIpc) is 2.76. The van der Waals surface area contributed by atoms with Crippen LogP contribution in [0.4, 0.5) is 0 Å². The molecule has 0 unspecified atom stereocenters. The number of amides is 1. The molecule has 0 fully saturated rings. The Morgan fingerprint density at radius 3 is 2.45 bits per heavy atom. The lowest BCUT2D eigenvalue weighted by atomic mass is 10.1. The van der Waals surface area contributed by atoms with Gasteiger partial charge in [-0.25, -0.2) is 5.43 Å². The highest BCUT2D eigenvalue weighted by atomic mass is 35.5. The first-order valence-electron chi connectivity index (χ1n) is 9.88. The number of nitrogens with one attached hydrogen (secondary N) is 1. The number of hydrogen-bond donors (Lipinski definition) is 1. The van der Waals surface area contributed by atoms with Crippen molar-refractivity contribution in [2.45, 2.75) is 26.9 Å². The van der Waals surface area contributed by atoms with Crippen molar-refractivity contribution in [3.8, 4) is 11.5 Å². The lowest BCUT2D eigenvalue weighted by Gasteiger charge is -2.13. The number of carbonyl (C=O) groups is 1. The number of hydrazone groups is 1. The minimum atomic E-state index is -0.173. The molecule has 0 heterocycles. The Hall–Kier alpha value is -3.31. The standard InChI is InChI=1S/C25H25ClN2O3/c1-17-11-22(12-18(2)25(17)26)31-16-21-13-20(9-10-23(21)30-3)15-27-28-24(29)14-19-7-5-4-6-8-19/h4-13,15H,14,16H2,1-3H3,(H,28,29)/b27-15+. The summed E-state index contributed by atoms with van der Waals surface area (Å²) in [5.41, 5.74) is 7.12. The van der Waals surface area contributed by atoms with Crippen molar-refractivity contribution in [2.75, 3.05) is 7.11 Å². The highest BCUT2D eigenvalue weighted by Crippen LogP contribution is 2.27. The van der Waals surface area contributed by atoms with E-state index in [1.807, 2.05) is 74.5 Å². The maximum Gasteiger partial charge on any atom is 0.244 e. The maximum atomic E-state index is 12.0. The van der Waals surface area contributed by atoms with E-state index in [4.69, 9.17) is 21.1 Å².